The molecule has 6 heteroatoms. The second-order valence-electron chi connectivity index (χ2n) is 4.51. The number of aryl methyl sites for hydroxylation is 1. The fourth-order valence-corrected chi connectivity index (χ4v) is 2.06. The largest absolute Gasteiger partial charge is 0.464 e. The van der Waals surface area contributed by atoms with Crippen molar-refractivity contribution in [1.82, 2.24) is 0 Å². The summed E-state index contributed by atoms with van der Waals surface area (Å²) >= 11 is 5.57. The van der Waals surface area contributed by atoms with E-state index in [4.69, 9.17) is 16.0 Å². The minimum absolute atomic E-state index is 0.244. The first-order chi connectivity index (χ1) is 9.27. The Hall–Kier alpha value is -1.62. The number of hydrogen-bond donors (Lipinski definition) is 1. The van der Waals surface area contributed by atoms with Crippen LogP contribution in [0.2, 0.25) is 5.02 Å². The summed E-state index contributed by atoms with van der Waals surface area (Å²) in [6.45, 7) is 3.61. The fraction of sp³-hybridized carbons (Fsp3) is 0.286. The summed E-state index contributed by atoms with van der Waals surface area (Å²) in [5.74, 6) is 1.41. The van der Waals surface area contributed by atoms with Crippen LogP contribution >= 0.6 is 11.6 Å². The molecule has 0 aliphatic rings. The Morgan fingerprint density at radius 1 is 1.20 bits per heavy atom. The highest BCUT2D eigenvalue weighted by molar-refractivity contribution is 6.31. The third kappa shape index (κ3) is 3.28. The number of nitrogens with one attached hydrogen (secondary N) is 1. The molecule has 1 unspecified atom stereocenters. The van der Waals surface area contributed by atoms with Gasteiger partial charge in [-0.25, -0.2) is 0 Å². The van der Waals surface area contributed by atoms with Gasteiger partial charge in [0.1, 0.15) is 11.5 Å². The predicted molar refractivity (Wildman–Crippen MR) is 71.9 cm³/mol. The van der Waals surface area contributed by atoms with E-state index in [1.165, 1.54) is 12.1 Å². The van der Waals surface area contributed by atoms with E-state index in [1.54, 1.807) is 26.0 Å². The summed E-state index contributed by atoms with van der Waals surface area (Å²) in [5.41, 5.74) is -0.518. The molecule has 0 aliphatic carbocycles. The van der Waals surface area contributed by atoms with Gasteiger partial charge in [-0.2, -0.15) is 13.2 Å². The second kappa shape index (κ2) is 5.40. The zero-order valence-corrected chi connectivity index (χ0v) is 11.6. The quantitative estimate of drug-likeness (QED) is 0.817. The maximum Gasteiger partial charge on any atom is 0.417 e. The number of alkyl halides is 3. The molecule has 1 aromatic carbocycles. The van der Waals surface area contributed by atoms with Crippen molar-refractivity contribution in [3.05, 3.63) is 52.4 Å². The van der Waals surface area contributed by atoms with Gasteiger partial charge < -0.3 is 9.73 Å². The fourth-order valence-electron chi connectivity index (χ4n) is 1.84. The van der Waals surface area contributed by atoms with Crippen LogP contribution in [0.25, 0.3) is 0 Å². The molecular formula is C14H13ClF3NO. The number of anilines is 1. The van der Waals surface area contributed by atoms with Gasteiger partial charge in [0, 0.05) is 5.69 Å². The lowest BCUT2D eigenvalue weighted by Gasteiger charge is -2.15. The van der Waals surface area contributed by atoms with Crippen LogP contribution in [0.1, 0.15) is 30.0 Å². The van der Waals surface area contributed by atoms with Crippen molar-refractivity contribution in [3.63, 3.8) is 0 Å². The molecule has 108 valence electrons. The van der Waals surface area contributed by atoms with Crippen molar-refractivity contribution in [2.75, 3.05) is 5.32 Å². The minimum Gasteiger partial charge on any atom is -0.464 e. The molecule has 0 bridgehead atoms. The van der Waals surface area contributed by atoms with Crippen molar-refractivity contribution in [1.29, 1.82) is 0 Å². The Morgan fingerprint density at radius 3 is 2.45 bits per heavy atom. The molecule has 0 radical (unpaired) electrons. The van der Waals surface area contributed by atoms with E-state index in [0.29, 0.717) is 11.4 Å². The highest BCUT2D eigenvalue weighted by atomic mass is 35.5. The van der Waals surface area contributed by atoms with Gasteiger partial charge in [0.2, 0.25) is 0 Å². The highest BCUT2D eigenvalue weighted by Crippen LogP contribution is 2.36. The molecule has 1 heterocycles. The number of halogens is 4. The van der Waals surface area contributed by atoms with Crippen molar-refractivity contribution >= 4 is 17.3 Å². The van der Waals surface area contributed by atoms with Gasteiger partial charge in [0.25, 0.3) is 0 Å². The molecule has 0 fully saturated rings. The van der Waals surface area contributed by atoms with Crippen molar-refractivity contribution in [2.45, 2.75) is 26.1 Å². The average molecular weight is 304 g/mol. The van der Waals surface area contributed by atoms with Crippen LogP contribution in [0.15, 0.2) is 34.7 Å². The Labute approximate surface area is 119 Å². The maximum atomic E-state index is 12.8. The number of rotatable bonds is 3. The van der Waals surface area contributed by atoms with Crippen LogP contribution in [0, 0.1) is 6.92 Å². The average Bonchev–Trinajstić information content (AvgIpc) is 2.77. The second-order valence-corrected chi connectivity index (χ2v) is 4.91. The molecule has 2 nitrogen and oxygen atoms in total. The van der Waals surface area contributed by atoms with E-state index < -0.39 is 11.7 Å². The van der Waals surface area contributed by atoms with Crippen LogP contribution in [0.3, 0.4) is 0 Å². The van der Waals surface area contributed by atoms with E-state index in [1.807, 2.05) is 0 Å². The normalized spacial score (nSPS) is 13.3. The third-order valence-electron chi connectivity index (χ3n) is 2.84. The van der Waals surface area contributed by atoms with Crippen LogP contribution < -0.4 is 5.32 Å². The van der Waals surface area contributed by atoms with E-state index in [2.05, 4.69) is 5.32 Å². The first kappa shape index (κ1) is 14.8. The molecule has 0 amide bonds. The van der Waals surface area contributed by atoms with Crippen molar-refractivity contribution in [2.24, 2.45) is 0 Å². The van der Waals surface area contributed by atoms with Crippen molar-refractivity contribution in [3.8, 4) is 0 Å². The molecule has 0 aliphatic heterocycles. The summed E-state index contributed by atoms with van der Waals surface area (Å²) in [5, 5.41) is 2.64. The van der Waals surface area contributed by atoms with Crippen LogP contribution in [0.4, 0.5) is 18.9 Å². The molecule has 20 heavy (non-hydrogen) atoms. The van der Waals surface area contributed by atoms with E-state index in [9.17, 15) is 13.2 Å². The van der Waals surface area contributed by atoms with Gasteiger partial charge in [0.05, 0.1) is 16.6 Å². The number of benzene rings is 1. The highest BCUT2D eigenvalue weighted by Gasteiger charge is 2.33. The van der Waals surface area contributed by atoms with Gasteiger partial charge in [-0.1, -0.05) is 11.6 Å². The van der Waals surface area contributed by atoms with Crippen LogP contribution in [-0.4, -0.2) is 0 Å². The smallest absolute Gasteiger partial charge is 0.417 e. The molecule has 0 spiro atoms. The van der Waals surface area contributed by atoms with Crippen LogP contribution in [0.5, 0.6) is 0 Å². The maximum absolute atomic E-state index is 12.8. The zero-order valence-electron chi connectivity index (χ0n) is 10.9. The van der Waals surface area contributed by atoms with Crippen molar-refractivity contribution < 1.29 is 17.6 Å². The first-order valence-corrected chi connectivity index (χ1v) is 6.35. The third-order valence-corrected chi connectivity index (χ3v) is 3.17. The molecule has 2 rings (SSSR count). The van der Waals surface area contributed by atoms with E-state index in [-0.39, 0.29) is 11.1 Å². The lowest BCUT2D eigenvalue weighted by atomic mass is 10.1. The molecular weight excluding hydrogens is 291 g/mol. The van der Waals surface area contributed by atoms with Gasteiger partial charge in [-0.3, -0.25) is 0 Å². The lowest BCUT2D eigenvalue weighted by Crippen LogP contribution is -2.09. The van der Waals surface area contributed by atoms with Gasteiger partial charge >= 0.3 is 6.18 Å². The summed E-state index contributed by atoms with van der Waals surface area (Å²) in [4.78, 5) is 0. The monoisotopic (exact) mass is 303 g/mol. The summed E-state index contributed by atoms with van der Waals surface area (Å²) in [6, 6.07) is 7.07. The summed E-state index contributed by atoms with van der Waals surface area (Å²) in [6.07, 6.45) is -4.47. The van der Waals surface area contributed by atoms with Gasteiger partial charge in [-0.15, -0.1) is 0 Å². The Kier molecular flexibility index (Phi) is 3.99. The zero-order chi connectivity index (χ0) is 14.9. The predicted octanol–water partition coefficient (Wildman–Crippen LogP) is 5.43. The van der Waals surface area contributed by atoms with E-state index >= 15 is 0 Å². The topological polar surface area (TPSA) is 25.2 Å². The Bertz CT molecular complexity index is 607. The minimum atomic E-state index is -4.47. The van der Waals surface area contributed by atoms with Gasteiger partial charge in [0.15, 0.2) is 0 Å². The molecule has 1 N–H and O–H groups in total. The molecule has 2 aromatic rings. The Balaban J connectivity index is 2.22. The molecule has 1 atom stereocenters. The molecule has 0 saturated carbocycles. The Morgan fingerprint density at radius 2 is 1.90 bits per heavy atom. The summed E-state index contributed by atoms with van der Waals surface area (Å²) < 4.78 is 43.7. The lowest BCUT2D eigenvalue weighted by molar-refractivity contribution is -0.137. The summed E-state index contributed by atoms with van der Waals surface area (Å²) in [7, 11) is 0. The van der Waals surface area contributed by atoms with Crippen LogP contribution in [-0.2, 0) is 6.18 Å². The number of hydrogen-bond acceptors (Lipinski definition) is 2. The number of furan rings is 1. The van der Waals surface area contributed by atoms with Gasteiger partial charge in [-0.05, 0) is 44.2 Å². The first-order valence-electron chi connectivity index (χ1n) is 5.97. The molecule has 0 saturated heterocycles. The van der Waals surface area contributed by atoms with E-state index in [0.717, 1.165) is 11.8 Å². The SMILES string of the molecule is Cc1ccc(C(C)Nc2ccc(Cl)c(C(F)(F)F)c2)o1. The standard InChI is InChI=1S/C14H13ClF3NO/c1-8-3-6-13(20-8)9(2)19-10-4-5-12(15)11(7-10)14(16,17)18/h3-7,9,19H,1-2H3. The molecule has 1 aromatic heterocycles.